The van der Waals surface area contributed by atoms with Gasteiger partial charge in [0.05, 0.1) is 13.2 Å². The fourth-order valence-corrected chi connectivity index (χ4v) is 2.53. The van der Waals surface area contributed by atoms with Gasteiger partial charge in [0, 0.05) is 17.5 Å². The average molecular weight is 267 g/mol. The van der Waals surface area contributed by atoms with Crippen molar-refractivity contribution in [2.24, 2.45) is 5.73 Å². The molecule has 2 rings (SSSR count). The first kappa shape index (κ1) is 14.1. The molecule has 0 amide bonds. The highest BCUT2D eigenvalue weighted by molar-refractivity contribution is 5.48. The van der Waals surface area contributed by atoms with E-state index in [0.717, 1.165) is 12.8 Å². The van der Waals surface area contributed by atoms with Crippen LogP contribution in [-0.2, 0) is 5.41 Å². The van der Waals surface area contributed by atoms with Gasteiger partial charge in [0.25, 0.3) is 0 Å². The fourth-order valence-electron chi connectivity index (χ4n) is 2.53. The Hall–Kier alpha value is -1.29. The largest absolute Gasteiger partial charge is 0.493 e. The Morgan fingerprint density at radius 1 is 1.21 bits per heavy atom. The van der Waals surface area contributed by atoms with Crippen LogP contribution in [0.2, 0.25) is 0 Å². The third kappa shape index (κ3) is 2.54. The van der Waals surface area contributed by atoms with Crippen molar-refractivity contribution in [1.82, 2.24) is 0 Å². The van der Waals surface area contributed by atoms with E-state index in [9.17, 15) is 4.39 Å². The molecule has 1 aromatic carbocycles. The Bertz CT molecular complexity index is 467. The average Bonchev–Trinajstić information content (AvgIpc) is 3.09. The van der Waals surface area contributed by atoms with E-state index in [2.05, 4.69) is 0 Å². The number of methoxy groups -OCH3 is 1. The minimum atomic E-state index is -0.258. The Morgan fingerprint density at radius 3 is 2.26 bits per heavy atom. The van der Waals surface area contributed by atoms with E-state index in [1.54, 1.807) is 13.2 Å². The van der Waals surface area contributed by atoms with Crippen LogP contribution in [0.15, 0.2) is 12.1 Å². The van der Waals surface area contributed by atoms with Crippen LogP contribution in [0.5, 0.6) is 11.5 Å². The Morgan fingerprint density at radius 2 is 1.84 bits per heavy atom. The number of hydrogen-bond donors (Lipinski definition) is 1. The van der Waals surface area contributed by atoms with E-state index in [0.29, 0.717) is 17.1 Å². The molecule has 1 aliphatic rings. The summed E-state index contributed by atoms with van der Waals surface area (Å²) < 4.78 is 25.2. The van der Waals surface area contributed by atoms with Crippen LogP contribution in [0.3, 0.4) is 0 Å². The van der Waals surface area contributed by atoms with Gasteiger partial charge in [-0.25, -0.2) is 4.39 Å². The fraction of sp³-hybridized carbons (Fsp3) is 0.600. The molecule has 1 saturated carbocycles. The van der Waals surface area contributed by atoms with Gasteiger partial charge in [0.15, 0.2) is 11.5 Å². The Labute approximate surface area is 113 Å². The molecule has 2 N–H and O–H groups in total. The summed E-state index contributed by atoms with van der Waals surface area (Å²) in [6, 6.07) is 3.09. The minimum Gasteiger partial charge on any atom is -0.493 e. The number of benzene rings is 1. The summed E-state index contributed by atoms with van der Waals surface area (Å²) in [5, 5.41) is 0. The van der Waals surface area contributed by atoms with Crippen LogP contribution in [0.4, 0.5) is 4.39 Å². The van der Waals surface area contributed by atoms with Crippen molar-refractivity contribution in [3.8, 4) is 11.5 Å². The van der Waals surface area contributed by atoms with E-state index < -0.39 is 0 Å². The molecular weight excluding hydrogens is 245 g/mol. The first-order chi connectivity index (χ1) is 8.90. The smallest absolute Gasteiger partial charge is 0.164 e. The molecule has 0 spiro atoms. The van der Waals surface area contributed by atoms with Gasteiger partial charge in [-0.1, -0.05) is 0 Å². The van der Waals surface area contributed by atoms with Crippen molar-refractivity contribution < 1.29 is 13.9 Å². The SMILES string of the molecule is COc1cc(C2(C(C)N)CC2)c(F)cc1OC(C)C. The molecule has 0 saturated heterocycles. The van der Waals surface area contributed by atoms with E-state index in [-0.39, 0.29) is 23.4 Å². The maximum Gasteiger partial charge on any atom is 0.164 e. The number of rotatable bonds is 5. The van der Waals surface area contributed by atoms with Gasteiger partial charge in [-0.05, 0) is 45.2 Å². The number of hydrogen-bond acceptors (Lipinski definition) is 3. The highest BCUT2D eigenvalue weighted by Crippen LogP contribution is 2.52. The normalized spacial score (nSPS) is 18.3. The first-order valence-corrected chi connectivity index (χ1v) is 6.71. The molecule has 0 bridgehead atoms. The lowest BCUT2D eigenvalue weighted by atomic mass is 9.89. The molecule has 19 heavy (non-hydrogen) atoms. The Kier molecular flexibility index (Phi) is 3.72. The van der Waals surface area contributed by atoms with Gasteiger partial charge in [-0.15, -0.1) is 0 Å². The quantitative estimate of drug-likeness (QED) is 0.892. The minimum absolute atomic E-state index is 0.0255. The van der Waals surface area contributed by atoms with Crippen LogP contribution in [0, 0.1) is 5.82 Å². The van der Waals surface area contributed by atoms with Crippen LogP contribution >= 0.6 is 0 Å². The topological polar surface area (TPSA) is 44.5 Å². The molecular formula is C15H22FNO2. The molecule has 1 unspecified atom stereocenters. The van der Waals surface area contributed by atoms with Gasteiger partial charge >= 0.3 is 0 Å². The van der Waals surface area contributed by atoms with Gasteiger partial charge < -0.3 is 15.2 Å². The molecule has 1 aliphatic carbocycles. The van der Waals surface area contributed by atoms with Crippen LogP contribution in [0.25, 0.3) is 0 Å². The summed E-state index contributed by atoms with van der Waals surface area (Å²) in [7, 11) is 1.57. The van der Waals surface area contributed by atoms with Crippen molar-refractivity contribution >= 4 is 0 Å². The lowest BCUT2D eigenvalue weighted by Gasteiger charge is -2.23. The summed E-state index contributed by atoms with van der Waals surface area (Å²) in [6.07, 6.45) is 1.83. The maximum absolute atomic E-state index is 14.3. The molecule has 3 nitrogen and oxygen atoms in total. The molecule has 0 aromatic heterocycles. The highest BCUT2D eigenvalue weighted by Gasteiger charge is 2.49. The summed E-state index contributed by atoms with van der Waals surface area (Å²) >= 11 is 0. The van der Waals surface area contributed by atoms with Crippen molar-refractivity contribution in [2.75, 3.05) is 7.11 Å². The molecule has 106 valence electrons. The zero-order valence-electron chi connectivity index (χ0n) is 12.0. The first-order valence-electron chi connectivity index (χ1n) is 6.71. The summed E-state index contributed by atoms with van der Waals surface area (Å²) in [4.78, 5) is 0. The lowest BCUT2D eigenvalue weighted by molar-refractivity contribution is 0.228. The third-order valence-corrected chi connectivity index (χ3v) is 3.81. The van der Waals surface area contributed by atoms with Crippen molar-refractivity contribution in [2.45, 2.75) is 51.2 Å². The van der Waals surface area contributed by atoms with E-state index in [1.807, 2.05) is 20.8 Å². The predicted molar refractivity (Wildman–Crippen MR) is 73.3 cm³/mol. The van der Waals surface area contributed by atoms with E-state index in [4.69, 9.17) is 15.2 Å². The second-order valence-electron chi connectivity index (χ2n) is 5.59. The molecule has 1 fully saturated rings. The standard InChI is InChI=1S/C15H22FNO2/c1-9(2)19-14-8-12(16)11(7-13(14)18-4)15(5-6-15)10(3)17/h7-10H,5-6,17H2,1-4H3. The van der Waals surface area contributed by atoms with E-state index in [1.165, 1.54) is 6.07 Å². The second kappa shape index (κ2) is 5.00. The lowest BCUT2D eigenvalue weighted by Crippen LogP contribution is -2.32. The van der Waals surface area contributed by atoms with Crippen molar-refractivity contribution in [3.05, 3.63) is 23.5 Å². The Balaban J connectivity index is 2.42. The summed E-state index contributed by atoms with van der Waals surface area (Å²) in [6.45, 7) is 5.72. The van der Waals surface area contributed by atoms with E-state index >= 15 is 0 Å². The molecule has 1 atom stereocenters. The van der Waals surface area contributed by atoms with Crippen LogP contribution in [0.1, 0.15) is 39.2 Å². The monoisotopic (exact) mass is 267 g/mol. The van der Waals surface area contributed by atoms with Gasteiger partial charge in [-0.2, -0.15) is 0 Å². The zero-order valence-corrected chi connectivity index (χ0v) is 12.0. The van der Waals surface area contributed by atoms with Gasteiger partial charge in [-0.3, -0.25) is 0 Å². The molecule has 4 heteroatoms. The second-order valence-corrected chi connectivity index (χ2v) is 5.59. The van der Waals surface area contributed by atoms with Gasteiger partial charge in [0.1, 0.15) is 5.82 Å². The number of ether oxygens (including phenoxy) is 2. The van der Waals surface area contributed by atoms with Crippen LogP contribution < -0.4 is 15.2 Å². The molecule has 0 aliphatic heterocycles. The molecule has 1 aromatic rings. The summed E-state index contributed by atoms with van der Waals surface area (Å²) in [5.74, 6) is 0.752. The van der Waals surface area contributed by atoms with Crippen molar-refractivity contribution in [1.29, 1.82) is 0 Å². The number of halogens is 1. The third-order valence-electron chi connectivity index (χ3n) is 3.81. The van der Waals surface area contributed by atoms with Crippen molar-refractivity contribution in [3.63, 3.8) is 0 Å². The zero-order chi connectivity index (χ0) is 14.2. The molecule has 0 heterocycles. The highest BCUT2D eigenvalue weighted by atomic mass is 19.1. The molecule has 0 radical (unpaired) electrons. The number of nitrogens with two attached hydrogens (primary N) is 1. The predicted octanol–water partition coefficient (Wildman–Crippen LogP) is 3.00. The maximum atomic E-state index is 14.3. The van der Waals surface area contributed by atoms with Crippen LogP contribution in [-0.4, -0.2) is 19.3 Å². The van der Waals surface area contributed by atoms with Gasteiger partial charge in [0.2, 0.25) is 0 Å². The summed E-state index contributed by atoms with van der Waals surface area (Å²) in [5.41, 5.74) is 6.43.